The maximum Gasteiger partial charge on any atom is 0.127 e. The van der Waals surface area contributed by atoms with Gasteiger partial charge in [-0.3, -0.25) is 0 Å². The van der Waals surface area contributed by atoms with Gasteiger partial charge in [-0.05, 0) is 44.4 Å². The molecular weight excluding hydrogens is 306 g/mol. The van der Waals surface area contributed by atoms with Crippen LogP contribution in [0.4, 0.5) is 0 Å². The molecule has 19 heavy (non-hydrogen) atoms. The van der Waals surface area contributed by atoms with E-state index in [0.29, 0.717) is 12.6 Å². The summed E-state index contributed by atoms with van der Waals surface area (Å²) in [5.74, 6) is 0.987. The van der Waals surface area contributed by atoms with Crippen molar-refractivity contribution in [1.29, 1.82) is 0 Å². The standard InChI is InChI=1S/C15H22BrNO2/c1-10-6-13(16)7-12(8-17-14-4-5-14)15(10)19-11(2)9-18-3/h6-7,11,14,17H,4-5,8-9H2,1-3H3. The summed E-state index contributed by atoms with van der Waals surface area (Å²) in [5, 5.41) is 3.54. The topological polar surface area (TPSA) is 30.5 Å². The number of benzene rings is 1. The summed E-state index contributed by atoms with van der Waals surface area (Å²) in [4.78, 5) is 0. The van der Waals surface area contributed by atoms with E-state index in [1.165, 1.54) is 18.4 Å². The van der Waals surface area contributed by atoms with Crippen molar-refractivity contribution >= 4 is 15.9 Å². The van der Waals surface area contributed by atoms with Crippen LogP contribution in [0.3, 0.4) is 0 Å². The fourth-order valence-corrected chi connectivity index (χ4v) is 2.73. The van der Waals surface area contributed by atoms with E-state index in [1.807, 2.05) is 6.92 Å². The Hall–Kier alpha value is -0.580. The lowest BCUT2D eigenvalue weighted by molar-refractivity contribution is 0.0908. The molecule has 106 valence electrons. The largest absolute Gasteiger partial charge is 0.488 e. The van der Waals surface area contributed by atoms with Crippen LogP contribution in [0, 0.1) is 6.92 Å². The van der Waals surface area contributed by atoms with Crippen LogP contribution in [0.25, 0.3) is 0 Å². The van der Waals surface area contributed by atoms with Crippen LogP contribution in [0.2, 0.25) is 0 Å². The summed E-state index contributed by atoms with van der Waals surface area (Å²) < 4.78 is 12.3. The number of halogens is 1. The Bertz CT molecular complexity index is 432. The Morgan fingerprint density at radius 1 is 1.42 bits per heavy atom. The van der Waals surface area contributed by atoms with E-state index in [4.69, 9.17) is 9.47 Å². The first kappa shape index (κ1) is 14.8. The van der Waals surface area contributed by atoms with Crippen molar-refractivity contribution in [3.8, 4) is 5.75 Å². The Labute approximate surface area is 123 Å². The summed E-state index contributed by atoms with van der Waals surface area (Å²) in [6, 6.07) is 4.93. The van der Waals surface area contributed by atoms with Crippen molar-refractivity contribution in [2.24, 2.45) is 0 Å². The van der Waals surface area contributed by atoms with Crippen molar-refractivity contribution in [2.75, 3.05) is 13.7 Å². The number of methoxy groups -OCH3 is 1. The van der Waals surface area contributed by atoms with Gasteiger partial charge < -0.3 is 14.8 Å². The summed E-state index contributed by atoms with van der Waals surface area (Å²) in [5.41, 5.74) is 2.37. The summed E-state index contributed by atoms with van der Waals surface area (Å²) in [6.07, 6.45) is 2.65. The summed E-state index contributed by atoms with van der Waals surface area (Å²) in [6.45, 7) is 5.58. The third-order valence-corrected chi connectivity index (χ3v) is 3.65. The Morgan fingerprint density at radius 2 is 2.16 bits per heavy atom. The summed E-state index contributed by atoms with van der Waals surface area (Å²) in [7, 11) is 1.70. The smallest absolute Gasteiger partial charge is 0.127 e. The fraction of sp³-hybridized carbons (Fsp3) is 0.600. The number of hydrogen-bond donors (Lipinski definition) is 1. The van der Waals surface area contributed by atoms with E-state index < -0.39 is 0 Å². The molecule has 0 spiro atoms. The number of rotatable bonds is 7. The van der Waals surface area contributed by atoms with Gasteiger partial charge in [-0.15, -0.1) is 0 Å². The van der Waals surface area contributed by atoms with Crippen molar-refractivity contribution in [1.82, 2.24) is 5.32 Å². The van der Waals surface area contributed by atoms with Gasteiger partial charge in [-0.1, -0.05) is 15.9 Å². The molecule has 0 amide bonds. The van der Waals surface area contributed by atoms with Gasteiger partial charge in [0.05, 0.1) is 6.61 Å². The van der Waals surface area contributed by atoms with Crippen LogP contribution in [-0.2, 0) is 11.3 Å². The number of ether oxygens (including phenoxy) is 2. The highest BCUT2D eigenvalue weighted by Gasteiger charge is 2.21. The lowest BCUT2D eigenvalue weighted by atomic mass is 10.1. The molecule has 0 aliphatic heterocycles. The van der Waals surface area contributed by atoms with Crippen LogP contribution < -0.4 is 10.1 Å². The second-order valence-electron chi connectivity index (χ2n) is 5.25. The third kappa shape index (κ3) is 4.48. The fourth-order valence-electron chi connectivity index (χ4n) is 2.11. The molecule has 1 unspecified atom stereocenters. The molecule has 0 radical (unpaired) electrons. The highest BCUT2D eigenvalue weighted by Crippen LogP contribution is 2.30. The van der Waals surface area contributed by atoms with Crippen LogP contribution in [-0.4, -0.2) is 25.9 Å². The molecule has 3 nitrogen and oxygen atoms in total. The number of nitrogens with one attached hydrogen (secondary N) is 1. The average molecular weight is 328 g/mol. The Morgan fingerprint density at radius 3 is 2.79 bits per heavy atom. The number of hydrogen-bond acceptors (Lipinski definition) is 3. The van der Waals surface area contributed by atoms with Gasteiger partial charge in [0.2, 0.25) is 0 Å². The van der Waals surface area contributed by atoms with E-state index in [0.717, 1.165) is 22.3 Å². The average Bonchev–Trinajstić information content (AvgIpc) is 3.14. The van der Waals surface area contributed by atoms with Gasteiger partial charge in [-0.2, -0.15) is 0 Å². The molecule has 1 aromatic rings. The minimum absolute atomic E-state index is 0.0598. The molecule has 1 N–H and O–H groups in total. The zero-order valence-corrected chi connectivity index (χ0v) is 13.4. The highest BCUT2D eigenvalue weighted by molar-refractivity contribution is 9.10. The Kier molecular flexibility index (Phi) is 5.25. The molecule has 2 rings (SSSR count). The van der Waals surface area contributed by atoms with Gasteiger partial charge in [0, 0.05) is 29.7 Å². The minimum Gasteiger partial charge on any atom is -0.488 e. The van der Waals surface area contributed by atoms with Gasteiger partial charge in [0.25, 0.3) is 0 Å². The molecule has 1 aliphatic carbocycles. The normalized spacial score (nSPS) is 16.4. The first-order valence-electron chi connectivity index (χ1n) is 6.78. The van der Waals surface area contributed by atoms with Crippen molar-refractivity contribution in [3.63, 3.8) is 0 Å². The van der Waals surface area contributed by atoms with Crippen molar-refractivity contribution < 1.29 is 9.47 Å². The van der Waals surface area contributed by atoms with E-state index >= 15 is 0 Å². The van der Waals surface area contributed by atoms with Gasteiger partial charge in [0.1, 0.15) is 11.9 Å². The molecule has 0 heterocycles. The third-order valence-electron chi connectivity index (χ3n) is 3.20. The summed E-state index contributed by atoms with van der Waals surface area (Å²) >= 11 is 3.56. The van der Waals surface area contributed by atoms with Gasteiger partial charge >= 0.3 is 0 Å². The second kappa shape index (κ2) is 6.73. The predicted molar refractivity (Wildman–Crippen MR) is 80.7 cm³/mol. The van der Waals surface area contributed by atoms with Crippen molar-refractivity contribution in [3.05, 3.63) is 27.7 Å². The molecular formula is C15H22BrNO2. The number of aryl methyl sites for hydroxylation is 1. The minimum atomic E-state index is 0.0598. The molecule has 1 aliphatic rings. The SMILES string of the molecule is COCC(C)Oc1c(C)cc(Br)cc1CNC1CC1. The van der Waals surface area contributed by atoms with Crippen LogP contribution in [0.1, 0.15) is 30.9 Å². The molecule has 0 aromatic heterocycles. The van der Waals surface area contributed by atoms with E-state index in [9.17, 15) is 0 Å². The Balaban J connectivity index is 2.12. The quantitative estimate of drug-likeness (QED) is 0.832. The van der Waals surface area contributed by atoms with Crippen LogP contribution >= 0.6 is 15.9 Å². The lowest BCUT2D eigenvalue weighted by Gasteiger charge is -2.19. The maximum absolute atomic E-state index is 6.04. The highest BCUT2D eigenvalue weighted by atomic mass is 79.9. The maximum atomic E-state index is 6.04. The van der Waals surface area contributed by atoms with Crippen LogP contribution in [0.15, 0.2) is 16.6 Å². The van der Waals surface area contributed by atoms with Crippen LogP contribution in [0.5, 0.6) is 5.75 Å². The second-order valence-corrected chi connectivity index (χ2v) is 6.17. The lowest BCUT2D eigenvalue weighted by Crippen LogP contribution is -2.21. The molecule has 0 saturated heterocycles. The van der Waals surface area contributed by atoms with E-state index in [1.54, 1.807) is 7.11 Å². The molecule has 4 heteroatoms. The molecule has 1 saturated carbocycles. The van der Waals surface area contributed by atoms with Gasteiger partial charge in [0.15, 0.2) is 0 Å². The molecule has 1 atom stereocenters. The van der Waals surface area contributed by atoms with E-state index in [2.05, 4.69) is 40.3 Å². The molecule has 0 bridgehead atoms. The van der Waals surface area contributed by atoms with Crippen molar-refractivity contribution in [2.45, 2.75) is 45.4 Å². The van der Waals surface area contributed by atoms with E-state index in [-0.39, 0.29) is 6.10 Å². The zero-order chi connectivity index (χ0) is 13.8. The first-order chi connectivity index (χ1) is 9.10. The molecule has 1 aromatic carbocycles. The molecule has 1 fully saturated rings. The monoisotopic (exact) mass is 327 g/mol. The first-order valence-corrected chi connectivity index (χ1v) is 7.57. The van der Waals surface area contributed by atoms with Gasteiger partial charge in [-0.25, -0.2) is 0 Å². The zero-order valence-electron chi connectivity index (χ0n) is 11.8. The predicted octanol–water partition coefficient (Wildman–Crippen LogP) is 3.42.